The predicted molar refractivity (Wildman–Crippen MR) is 107 cm³/mol. The van der Waals surface area contributed by atoms with Gasteiger partial charge >= 0.3 is 0 Å². The number of hydrogen-bond acceptors (Lipinski definition) is 6. The fourth-order valence-electron chi connectivity index (χ4n) is 3.45. The van der Waals surface area contributed by atoms with Gasteiger partial charge in [-0.2, -0.15) is 0 Å². The first-order valence-corrected chi connectivity index (χ1v) is 9.91. The van der Waals surface area contributed by atoms with E-state index in [2.05, 4.69) is 20.2 Å². The number of carbonyl (C=O) groups is 1. The van der Waals surface area contributed by atoms with Crippen LogP contribution in [0.25, 0.3) is 11.0 Å². The first kappa shape index (κ1) is 17.7. The van der Waals surface area contributed by atoms with Gasteiger partial charge in [-0.1, -0.05) is 0 Å². The minimum atomic E-state index is -0.323. The van der Waals surface area contributed by atoms with Gasteiger partial charge in [0.2, 0.25) is 5.43 Å². The average Bonchev–Trinajstić information content (AvgIpc) is 3.33. The molecule has 4 heterocycles. The van der Waals surface area contributed by atoms with E-state index in [-0.39, 0.29) is 22.9 Å². The molecule has 1 N–H and O–H groups in total. The van der Waals surface area contributed by atoms with Gasteiger partial charge in [-0.25, -0.2) is 9.97 Å². The van der Waals surface area contributed by atoms with Crippen molar-refractivity contribution >= 4 is 33.4 Å². The minimum Gasteiger partial charge on any atom is -0.347 e. The molecule has 1 amide bonds. The molecule has 0 aliphatic carbocycles. The highest BCUT2D eigenvalue weighted by Crippen LogP contribution is 2.22. The van der Waals surface area contributed by atoms with Crippen LogP contribution in [0.4, 0.5) is 5.13 Å². The fraction of sp³-hybridized carbons (Fsp3) is 0.368. The third-order valence-electron chi connectivity index (χ3n) is 4.86. The van der Waals surface area contributed by atoms with Crippen LogP contribution in [0.5, 0.6) is 0 Å². The van der Waals surface area contributed by atoms with Crippen molar-refractivity contribution in [2.75, 3.05) is 18.0 Å². The summed E-state index contributed by atoms with van der Waals surface area (Å²) in [5, 5.41) is 6.40. The quantitative estimate of drug-likeness (QED) is 0.747. The summed E-state index contributed by atoms with van der Waals surface area (Å²) in [6.07, 6.45) is 4.24. The molecule has 7 nitrogen and oxygen atoms in total. The molecule has 1 aliphatic rings. The maximum absolute atomic E-state index is 12.8. The summed E-state index contributed by atoms with van der Waals surface area (Å²) in [6.45, 7) is 6.04. The topological polar surface area (TPSA) is 80.1 Å². The van der Waals surface area contributed by atoms with E-state index in [1.807, 2.05) is 23.8 Å². The Kier molecular flexibility index (Phi) is 4.65. The normalized spacial score (nSPS) is 16.8. The Morgan fingerprint density at radius 1 is 1.41 bits per heavy atom. The van der Waals surface area contributed by atoms with Crippen molar-refractivity contribution in [1.29, 1.82) is 0 Å². The molecule has 3 aromatic rings. The van der Waals surface area contributed by atoms with Gasteiger partial charge in [0.15, 0.2) is 5.13 Å². The third-order valence-corrected chi connectivity index (χ3v) is 5.69. The van der Waals surface area contributed by atoms with Crippen LogP contribution in [0.1, 0.15) is 29.4 Å². The first-order chi connectivity index (χ1) is 13.1. The minimum absolute atomic E-state index is 0.00252. The largest absolute Gasteiger partial charge is 0.347 e. The summed E-state index contributed by atoms with van der Waals surface area (Å²) in [5.41, 5.74) is 1.36. The van der Waals surface area contributed by atoms with E-state index in [9.17, 15) is 9.59 Å². The second-order valence-corrected chi connectivity index (χ2v) is 7.57. The van der Waals surface area contributed by atoms with Crippen LogP contribution < -0.4 is 15.6 Å². The molecular weight excluding hydrogens is 362 g/mol. The smallest absolute Gasteiger partial charge is 0.257 e. The van der Waals surface area contributed by atoms with Crippen molar-refractivity contribution in [3.8, 4) is 0 Å². The van der Waals surface area contributed by atoms with Crippen molar-refractivity contribution in [2.45, 2.75) is 32.9 Å². The van der Waals surface area contributed by atoms with Gasteiger partial charge in [0.05, 0.1) is 5.39 Å². The molecule has 1 fully saturated rings. The number of aryl methyl sites for hydroxylation is 2. The molecule has 140 valence electrons. The SMILES string of the molecule is CCn1cc(C(=O)NC2CCN(c3nccs3)C2)c(=O)c2ccc(C)nc21. The number of rotatable bonds is 4. The summed E-state index contributed by atoms with van der Waals surface area (Å²) in [6, 6.07) is 3.56. The number of nitrogens with zero attached hydrogens (tertiary/aromatic N) is 4. The lowest BCUT2D eigenvalue weighted by molar-refractivity contribution is 0.0939. The highest BCUT2D eigenvalue weighted by molar-refractivity contribution is 7.13. The molecule has 1 aliphatic heterocycles. The Bertz CT molecular complexity index is 1040. The average molecular weight is 383 g/mol. The van der Waals surface area contributed by atoms with Crippen LogP contribution in [-0.2, 0) is 6.54 Å². The molecule has 1 saturated heterocycles. The number of anilines is 1. The van der Waals surface area contributed by atoms with E-state index in [1.54, 1.807) is 35.9 Å². The Balaban J connectivity index is 1.59. The Morgan fingerprint density at radius 2 is 2.26 bits per heavy atom. The van der Waals surface area contributed by atoms with Crippen LogP contribution in [0, 0.1) is 6.92 Å². The van der Waals surface area contributed by atoms with E-state index in [4.69, 9.17) is 0 Å². The van der Waals surface area contributed by atoms with Crippen LogP contribution >= 0.6 is 11.3 Å². The zero-order valence-corrected chi connectivity index (χ0v) is 16.1. The van der Waals surface area contributed by atoms with Gasteiger partial charge in [0.1, 0.15) is 11.2 Å². The lowest BCUT2D eigenvalue weighted by atomic mass is 10.1. The number of aromatic nitrogens is 3. The molecule has 0 radical (unpaired) electrons. The number of amides is 1. The zero-order chi connectivity index (χ0) is 19.0. The van der Waals surface area contributed by atoms with Crippen LogP contribution in [0.15, 0.2) is 34.7 Å². The van der Waals surface area contributed by atoms with Crippen LogP contribution in [-0.4, -0.2) is 39.6 Å². The summed E-state index contributed by atoms with van der Waals surface area (Å²) in [7, 11) is 0. The second-order valence-electron chi connectivity index (χ2n) is 6.70. The molecule has 0 spiro atoms. The van der Waals surface area contributed by atoms with Gasteiger partial charge in [0, 0.05) is 49.1 Å². The zero-order valence-electron chi connectivity index (χ0n) is 15.3. The Hall–Kier alpha value is -2.74. The standard InChI is InChI=1S/C19H21N5O2S/c1-3-23-11-15(16(25)14-5-4-12(2)21-17(14)23)18(26)22-13-6-8-24(10-13)19-20-7-9-27-19/h4-5,7,9,11,13H,3,6,8,10H2,1-2H3,(H,22,26). The molecule has 1 atom stereocenters. The van der Waals surface area contributed by atoms with Crippen molar-refractivity contribution in [1.82, 2.24) is 19.9 Å². The van der Waals surface area contributed by atoms with Gasteiger partial charge in [-0.3, -0.25) is 9.59 Å². The summed E-state index contributed by atoms with van der Waals surface area (Å²) in [5.74, 6) is -0.323. The summed E-state index contributed by atoms with van der Waals surface area (Å²) >= 11 is 1.59. The lowest BCUT2D eigenvalue weighted by Crippen LogP contribution is -2.39. The highest BCUT2D eigenvalue weighted by Gasteiger charge is 2.27. The molecular formula is C19H21N5O2S. The highest BCUT2D eigenvalue weighted by atomic mass is 32.1. The Labute approximate surface area is 160 Å². The van der Waals surface area contributed by atoms with E-state index in [0.717, 1.165) is 23.8 Å². The van der Waals surface area contributed by atoms with Crippen LogP contribution in [0.3, 0.4) is 0 Å². The number of carbonyl (C=O) groups excluding carboxylic acids is 1. The van der Waals surface area contributed by atoms with Gasteiger partial charge in [-0.05, 0) is 32.4 Å². The van der Waals surface area contributed by atoms with Crippen molar-refractivity contribution < 1.29 is 4.79 Å². The maximum atomic E-state index is 12.8. The molecule has 3 aromatic heterocycles. The monoisotopic (exact) mass is 383 g/mol. The molecule has 8 heteroatoms. The van der Waals surface area contributed by atoms with Crippen molar-refractivity contribution in [3.63, 3.8) is 0 Å². The number of fused-ring (bicyclic) bond motifs is 1. The molecule has 1 unspecified atom stereocenters. The van der Waals surface area contributed by atoms with Crippen molar-refractivity contribution in [3.05, 3.63) is 51.4 Å². The van der Waals surface area contributed by atoms with E-state index < -0.39 is 0 Å². The fourth-order valence-corrected chi connectivity index (χ4v) is 4.13. The second kappa shape index (κ2) is 7.11. The molecule has 0 aromatic carbocycles. The van der Waals surface area contributed by atoms with E-state index in [1.165, 1.54) is 0 Å². The van der Waals surface area contributed by atoms with Crippen LogP contribution in [0.2, 0.25) is 0 Å². The molecule has 0 saturated carbocycles. The van der Waals surface area contributed by atoms with Crippen molar-refractivity contribution in [2.24, 2.45) is 0 Å². The summed E-state index contributed by atoms with van der Waals surface area (Å²) in [4.78, 5) is 36.6. The van der Waals surface area contributed by atoms with Gasteiger partial charge in [0.25, 0.3) is 5.91 Å². The predicted octanol–water partition coefficient (Wildman–Crippen LogP) is 2.19. The lowest BCUT2D eigenvalue weighted by Gasteiger charge is -2.16. The summed E-state index contributed by atoms with van der Waals surface area (Å²) < 4.78 is 1.86. The Morgan fingerprint density at radius 3 is 3.00 bits per heavy atom. The number of nitrogens with one attached hydrogen (secondary N) is 1. The number of pyridine rings is 2. The van der Waals surface area contributed by atoms with E-state index >= 15 is 0 Å². The maximum Gasteiger partial charge on any atom is 0.257 e. The molecule has 4 rings (SSSR count). The number of hydrogen-bond donors (Lipinski definition) is 1. The third kappa shape index (κ3) is 3.32. The van der Waals surface area contributed by atoms with Gasteiger partial charge in [-0.15, -0.1) is 11.3 Å². The molecule has 0 bridgehead atoms. The van der Waals surface area contributed by atoms with E-state index in [0.29, 0.717) is 24.1 Å². The number of thiazole rings is 1. The molecule has 27 heavy (non-hydrogen) atoms. The van der Waals surface area contributed by atoms with Gasteiger partial charge < -0.3 is 14.8 Å². The first-order valence-electron chi connectivity index (χ1n) is 9.03.